The van der Waals surface area contributed by atoms with Gasteiger partial charge in [-0.2, -0.15) is 13.2 Å². The van der Waals surface area contributed by atoms with E-state index in [4.69, 9.17) is 4.74 Å². The van der Waals surface area contributed by atoms with Gasteiger partial charge in [0.2, 0.25) is 0 Å². The number of aromatic nitrogens is 2. The van der Waals surface area contributed by atoms with Crippen LogP contribution in [0.4, 0.5) is 23.4 Å². The minimum absolute atomic E-state index is 0.0424. The maximum atomic E-state index is 15.1. The van der Waals surface area contributed by atoms with Crippen LogP contribution in [-0.2, 0) is 6.42 Å². The Kier molecular flexibility index (Phi) is 7.22. The van der Waals surface area contributed by atoms with Crippen molar-refractivity contribution in [3.63, 3.8) is 0 Å². The van der Waals surface area contributed by atoms with Crippen molar-refractivity contribution >= 4 is 28.7 Å². The first-order chi connectivity index (χ1) is 17.4. The molecule has 8 nitrogen and oxygen atoms in total. The highest BCUT2D eigenvalue weighted by molar-refractivity contribution is 7.97. The second-order valence-electron chi connectivity index (χ2n) is 8.76. The van der Waals surface area contributed by atoms with Gasteiger partial charge in [-0.3, -0.25) is 20.0 Å². The van der Waals surface area contributed by atoms with E-state index in [0.717, 1.165) is 31.9 Å². The van der Waals surface area contributed by atoms with Crippen molar-refractivity contribution in [3.05, 3.63) is 76.5 Å². The lowest BCUT2D eigenvalue weighted by atomic mass is 9.84. The minimum atomic E-state index is -4.54. The summed E-state index contributed by atoms with van der Waals surface area (Å²) >= 11 is 0.914. The number of alkyl halides is 3. The molecule has 4 aromatic rings. The number of rotatable bonds is 8. The number of fused-ring (bicyclic) bond motifs is 1. The lowest BCUT2D eigenvalue weighted by Crippen LogP contribution is -2.34. The van der Waals surface area contributed by atoms with Crippen molar-refractivity contribution < 1.29 is 32.0 Å². The highest BCUT2D eigenvalue weighted by atomic mass is 32.2. The molecule has 0 unspecified atom stereocenters. The van der Waals surface area contributed by atoms with Crippen LogP contribution in [0, 0.1) is 11.2 Å². The summed E-state index contributed by atoms with van der Waals surface area (Å²) in [5.74, 6) is -0.569. The molecule has 2 heterocycles. The maximum absolute atomic E-state index is 15.1. The van der Waals surface area contributed by atoms with E-state index in [2.05, 4.69) is 15.1 Å². The number of benzene rings is 2. The lowest BCUT2D eigenvalue weighted by Gasteiger charge is -2.28. The third kappa shape index (κ3) is 5.58. The molecule has 0 aliphatic heterocycles. The van der Waals surface area contributed by atoms with Crippen LogP contribution in [0.1, 0.15) is 19.4 Å². The summed E-state index contributed by atoms with van der Waals surface area (Å²) in [6, 6.07) is 11.4. The second kappa shape index (κ2) is 10.1. The van der Waals surface area contributed by atoms with Crippen molar-refractivity contribution in [2.24, 2.45) is 5.41 Å². The van der Waals surface area contributed by atoms with Crippen LogP contribution in [0.3, 0.4) is 0 Å². The van der Waals surface area contributed by atoms with Crippen LogP contribution in [0.25, 0.3) is 16.6 Å². The third-order valence-corrected chi connectivity index (χ3v) is 6.42. The molecule has 2 aromatic carbocycles. The van der Waals surface area contributed by atoms with Gasteiger partial charge in [0.25, 0.3) is 5.56 Å². The van der Waals surface area contributed by atoms with Gasteiger partial charge >= 0.3 is 6.18 Å². The first kappa shape index (κ1) is 26.5. The largest absolute Gasteiger partial charge is 0.495 e. The highest BCUT2D eigenvalue weighted by Crippen LogP contribution is 2.41. The van der Waals surface area contributed by atoms with E-state index < -0.39 is 29.4 Å². The first-order valence-electron chi connectivity index (χ1n) is 10.8. The lowest BCUT2D eigenvalue weighted by molar-refractivity contribution is -0.211. The predicted octanol–water partition coefficient (Wildman–Crippen LogP) is 5.98. The smallest absolute Gasteiger partial charge is 0.394 e. The van der Waals surface area contributed by atoms with Gasteiger partial charge in [-0.05, 0) is 52.3 Å². The quantitative estimate of drug-likeness (QED) is 0.161. The number of nitrogens with zero attached hydrogens (tertiary/aromatic N) is 3. The average molecular weight is 539 g/mol. The van der Waals surface area contributed by atoms with E-state index in [1.807, 2.05) is 0 Å². The zero-order valence-corrected chi connectivity index (χ0v) is 20.7. The number of halogens is 4. The summed E-state index contributed by atoms with van der Waals surface area (Å²) in [5, 5.41) is 14.3. The Morgan fingerprint density at radius 2 is 1.92 bits per heavy atom. The van der Waals surface area contributed by atoms with Crippen LogP contribution in [-0.4, -0.2) is 32.8 Å². The van der Waals surface area contributed by atoms with Gasteiger partial charge < -0.3 is 9.26 Å². The van der Waals surface area contributed by atoms with Crippen LogP contribution < -0.4 is 15.7 Å². The Labute approximate surface area is 212 Å². The topological polar surface area (TPSA) is 92.8 Å². The fraction of sp³-hybridized carbons (Fsp3) is 0.250. The molecule has 0 saturated heterocycles. The third-order valence-electron chi connectivity index (χ3n) is 5.69. The molecule has 0 spiro atoms. The van der Waals surface area contributed by atoms with E-state index in [9.17, 15) is 23.2 Å². The molecule has 0 atom stereocenters. The summed E-state index contributed by atoms with van der Waals surface area (Å²) in [7, 11) is 1.29. The van der Waals surface area contributed by atoms with Gasteiger partial charge in [-0.1, -0.05) is 19.0 Å². The maximum Gasteiger partial charge on any atom is 0.394 e. The molecule has 0 bridgehead atoms. The Morgan fingerprint density at radius 3 is 2.57 bits per heavy atom. The van der Waals surface area contributed by atoms with E-state index in [-0.39, 0.29) is 22.8 Å². The highest BCUT2D eigenvalue weighted by Gasteiger charge is 2.47. The average Bonchev–Trinajstić information content (AvgIpc) is 3.32. The number of nitrogens with one attached hydrogen (secondary N) is 1. The Hall–Kier alpha value is -3.55. The first-order valence-corrected chi connectivity index (χ1v) is 11.6. The van der Waals surface area contributed by atoms with Crippen molar-refractivity contribution in [2.75, 3.05) is 12.5 Å². The van der Waals surface area contributed by atoms with Gasteiger partial charge in [-0.15, -0.1) is 0 Å². The van der Waals surface area contributed by atoms with Crippen molar-refractivity contribution in [1.29, 1.82) is 0 Å². The molecule has 0 amide bonds. The fourth-order valence-corrected chi connectivity index (χ4v) is 4.30. The van der Waals surface area contributed by atoms with E-state index in [1.165, 1.54) is 36.1 Å². The van der Waals surface area contributed by atoms with Crippen molar-refractivity contribution in [2.45, 2.75) is 31.3 Å². The standard InChI is InChI=1S/C24H22F4N4O4S/c1-23(2,24(26,27)28)13-15-11-20(35-3)19(12-17(15)25)31-18-6-5-16(10-14(18)4-7-22(31)33)37-32(34)29-21-8-9-36-30-21/h4-12,34H,13H2,1-3H3,(H,29,30). The fourth-order valence-electron chi connectivity index (χ4n) is 3.66. The molecule has 0 saturated carbocycles. The summed E-state index contributed by atoms with van der Waals surface area (Å²) < 4.78 is 67.2. The number of methoxy groups -OCH3 is 1. The van der Waals surface area contributed by atoms with Crippen LogP contribution >= 0.6 is 11.9 Å². The molecule has 0 radical (unpaired) electrons. The molecular formula is C24H22F4N4O4S. The Bertz CT molecular complexity index is 1470. The van der Waals surface area contributed by atoms with Gasteiger partial charge in [-0.25, -0.2) is 4.39 Å². The number of anilines is 1. The van der Waals surface area contributed by atoms with E-state index in [0.29, 0.717) is 20.4 Å². The van der Waals surface area contributed by atoms with Crippen molar-refractivity contribution in [3.8, 4) is 11.4 Å². The monoisotopic (exact) mass is 538 g/mol. The summed E-state index contributed by atoms with van der Waals surface area (Å²) in [6.45, 7) is 1.98. The van der Waals surface area contributed by atoms with Gasteiger partial charge in [0.05, 0.1) is 23.7 Å². The molecule has 2 N–H and O–H groups in total. The zero-order chi connectivity index (χ0) is 27.0. The number of hydrazine groups is 1. The van der Waals surface area contributed by atoms with E-state index in [1.54, 1.807) is 24.3 Å². The molecule has 0 aliphatic carbocycles. The Morgan fingerprint density at radius 1 is 1.16 bits per heavy atom. The van der Waals surface area contributed by atoms with Gasteiger partial charge in [0.1, 0.15) is 17.8 Å². The van der Waals surface area contributed by atoms with Crippen LogP contribution in [0.15, 0.2) is 69.0 Å². The molecule has 196 valence electrons. The Balaban J connectivity index is 1.71. The molecule has 0 aliphatic rings. The minimum Gasteiger partial charge on any atom is -0.495 e. The summed E-state index contributed by atoms with van der Waals surface area (Å²) in [5.41, 5.74) is 0.167. The number of ether oxygens (including phenoxy) is 1. The zero-order valence-electron chi connectivity index (χ0n) is 19.8. The predicted molar refractivity (Wildman–Crippen MR) is 129 cm³/mol. The van der Waals surface area contributed by atoms with Crippen molar-refractivity contribution in [1.82, 2.24) is 14.3 Å². The summed E-state index contributed by atoms with van der Waals surface area (Å²) in [6.07, 6.45) is -3.82. The van der Waals surface area contributed by atoms with Gasteiger partial charge in [0.15, 0.2) is 5.82 Å². The summed E-state index contributed by atoms with van der Waals surface area (Å²) in [4.78, 5) is 13.4. The number of pyridine rings is 1. The molecule has 0 fully saturated rings. The molecule has 2 aromatic heterocycles. The molecule has 13 heteroatoms. The molecular weight excluding hydrogens is 516 g/mol. The number of hydrogen-bond acceptors (Lipinski definition) is 8. The number of hydrogen-bond donors (Lipinski definition) is 2. The van der Waals surface area contributed by atoms with Crippen LogP contribution in [0.5, 0.6) is 5.75 Å². The normalized spacial score (nSPS) is 12.4. The SMILES string of the molecule is COc1cc(CC(C)(C)C(F)(F)F)c(F)cc1-n1c(=O)ccc2cc(SN(O)Nc3ccon3)ccc21. The molecule has 4 rings (SSSR count). The molecule has 37 heavy (non-hydrogen) atoms. The van der Waals surface area contributed by atoms with E-state index >= 15 is 4.39 Å². The van der Waals surface area contributed by atoms with Gasteiger partial charge in [0, 0.05) is 35.0 Å². The second-order valence-corrected chi connectivity index (χ2v) is 9.76. The van der Waals surface area contributed by atoms with Crippen LogP contribution in [0.2, 0.25) is 0 Å².